The first kappa shape index (κ1) is 11.4. The molecular formula is C9H20N4O. The molecule has 5 nitrogen and oxygen atoms in total. The first-order valence-electron chi connectivity index (χ1n) is 5.16. The van der Waals surface area contributed by atoms with Crippen molar-refractivity contribution in [2.24, 2.45) is 17.4 Å². The molecule has 1 atom stereocenters. The van der Waals surface area contributed by atoms with Crippen molar-refractivity contribution < 1.29 is 4.79 Å². The number of carbonyl (C=O) groups excluding carboxylic acids is 1. The second kappa shape index (κ2) is 5.95. The molecule has 0 radical (unpaired) electrons. The van der Waals surface area contributed by atoms with Gasteiger partial charge >= 0.3 is 0 Å². The summed E-state index contributed by atoms with van der Waals surface area (Å²) in [7, 11) is 0. The predicted molar refractivity (Wildman–Crippen MR) is 55.7 cm³/mol. The minimum atomic E-state index is 0.231. The van der Waals surface area contributed by atoms with E-state index in [0.717, 1.165) is 26.2 Å². The van der Waals surface area contributed by atoms with Crippen LogP contribution in [0, 0.1) is 5.92 Å². The van der Waals surface area contributed by atoms with E-state index in [-0.39, 0.29) is 5.91 Å². The Labute approximate surface area is 84.8 Å². The summed E-state index contributed by atoms with van der Waals surface area (Å²) < 4.78 is 0. The standard InChI is InChI=1S/C9H20N4O/c10-1-2-12-3-4-13-7-8(6-11)5-9(13)14/h8,12H,1-7,10-11H2. The summed E-state index contributed by atoms with van der Waals surface area (Å²) in [6, 6.07) is 0. The number of nitrogens with two attached hydrogens (primary N) is 2. The number of hydrogen-bond acceptors (Lipinski definition) is 4. The van der Waals surface area contributed by atoms with Gasteiger partial charge in [0.2, 0.25) is 5.91 Å². The molecule has 5 heteroatoms. The minimum Gasteiger partial charge on any atom is -0.341 e. The molecule has 0 saturated carbocycles. The largest absolute Gasteiger partial charge is 0.341 e. The molecule has 0 spiro atoms. The molecule has 0 aromatic carbocycles. The van der Waals surface area contributed by atoms with E-state index in [9.17, 15) is 4.79 Å². The number of nitrogens with zero attached hydrogens (tertiary/aromatic N) is 1. The van der Waals surface area contributed by atoms with Crippen molar-refractivity contribution in [1.82, 2.24) is 10.2 Å². The summed E-state index contributed by atoms with van der Waals surface area (Å²) in [5, 5.41) is 3.17. The SMILES string of the molecule is NCCNCCN1CC(CN)CC1=O. The first-order valence-corrected chi connectivity index (χ1v) is 5.16. The van der Waals surface area contributed by atoms with Crippen LogP contribution >= 0.6 is 0 Å². The van der Waals surface area contributed by atoms with Crippen LogP contribution in [0.3, 0.4) is 0 Å². The monoisotopic (exact) mass is 200 g/mol. The van der Waals surface area contributed by atoms with Crippen molar-refractivity contribution >= 4 is 5.91 Å². The van der Waals surface area contributed by atoms with Crippen molar-refractivity contribution in [3.63, 3.8) is 0 Å². The molecule has 1 aliphatic heterocycles. The zero-order valence-corrected chi connectivity index (χ0v) is 8.54. The Kier molecular flexibility index (Phi) is 4.86. The van der Waals surface area contributed by atoms with Crippen LogP contribution in [0.4, 0.5) is 0 Å². The molecule has 1 unspecified atom stereocenters. The maximum Gasteiger partial charge on any atom is 0.223 e. The summed E-state index contributed by atoms with van der Waals surface area (Å²) >= 11 is 0. The van der Waals surface area contributed by atoms with E-state index >= 15 is 0 Å². The van der Waals surface area contributed by atoms with Crippen molar-refractivity contribution in [1.29, 1.82) is 0 Å². The zero-order valence-electron chi connectivity index (χ0n) is 8.54. The lowest BCUT2D eigenvalue weighted by molar-refractivity contribution is -0.127. The van der Waals surface area contributed by atoms with Gasteiger partial charge in [0.15, 0.2) is 0 Å². The van der Waals surface area contributed by atoms with Crippen LogP contribution in [0.5, 0.6) is 0 Å². The molecule has 1 rings (SSSR count). The molecule has 1 aliphatic rings. The molecule has 14 heavy (non-hydrogen) atoms. The highest BCUT2D eigenvalue weighted by Gasteiger charge is 2.27. The van der Waals surface area contributed by atoms with Gasteiger partial charge in [-0.05, 0) is 12.5 Å². The third-order valence-electron chi connectivity index (χ3n) is 2.51. The molecule has 0 bridgehead atoms. The smallest absolute Gasteiger partial charge is 0.223 e. The van der Waals surface area contributed by atoms with E-state index in [1.165, 1.54) is 0 Å². The Morgan fingerprint density at radius 3 is 2.79 bits per heavy atom. The maximum atomic E-state index is 11.4. The maximum absolute atomic E-state index is 11.4. The third kappa shape index (κ3) is 3.25. The summed E-state index contributed by atoms with van der Waals surface area (Å²) in [6.45, 7) is 4.47. The third-order valence-corrected chi connectivity index (χ3v) is 2.51. The zero-order chi connectivity index (χ0) is 10.4. The molecule has 1 fully saturated rings. The minimum absolute atomic E-state index is 0.231. The number of rotatable bonds is 6. The van der Waals surface area contributed by atoms with E-state index in [2.05, 4.69) is 5.32 Å². The molecule has 0 aromatic heterocycles. The summed E-state index contributed by atoms with van der Waals surface area (Å²) in [4.78, 5) is 13.3. The van der Waals surface area contributed by atoms with Crippen molar-refractivity contribution in [3.8, 4) is 0 Å². The lowest BCUT2D eigenvalue weighted by Gasteiger charge is -2.16. The number of likely N-dealkylation sites (tertiary alicyclic amines) is 1. The number of amides is 1. The summed E-state index contributed by atoms with van der Waals surface area (Å²) in [5.41, 5.74) is 10.9. The molecule has 1 saturated heterocycles. The molecule has 0 aromatic rings. The van der Waals surface area contributed by atoms with E-state index in [0.29, 0.717) is 25.4 Å². The van der Waals surface area contributed by atoms with Crippen molar-refractivity contribution in [2.75, 3.05) is 39.3 Å². The number of hydrogen-bond donors (Lipinski definition) is 3. The van der Waals surface area contributed by atoms with Crippen molar-refractivity contribution in [3.05, 3.63) is 0 Å². The Morgan fingerprint density at radius 1 is 1.43 bits per heavy atom. The molecular weight excluding hydrogens is 180 g/mol. The van der Waals surface area contributed by atoms with Crippen LogP contribution in [0.15, 0.2) is 0 Å². The van der Waals surface area contributed by atoms with E-state index in [4.69, 9.17) is 11.5 Å². The van der Waals surface area contributed by atoms with Gasteiger partial charge in [0.05, 0.1) is 0 Å². The van der Waals surface area contributed by atoms with Gasteiger partial charge in [0.1, 0.15) is 0 Å². The van der Waals surface area contributed by atoms with Gasteiger partial charge in [-0.1, -0.05) is 0 Å². The fourth-order valence-corrected chi connectivity index (χ4v) is 1.67. The Bertz CT molecular complexity index is 186. The Morgan fingerprint density at radius 2 is 2.21 bits per heavy atom. The topological polar surface area (TPSA) is 84.4 Å². The van der Waals surface area contributed by atoms with Gasteiger partial charge in [0, 0.05) is 39.1 Å². The van der Waals surface area contributed by atoms with Crippen LogP contribution in [0.25, 0.3) is 0 Å². The number of carbonyl (C=O) groups is 1. The predicted octanol–water partition coefficient (Wildman–Crippen LogP) is -1.66. The first-order chi connectivity index (χ1) is 6.77. The lowest BCUT2D eigenvalue weighted by Crippen LogP contribution is -2.35. The van der Waals surface area contributed by atoms with E-state index < -0.39 is 0 Å². The highest BCUT2D eigenvalue weighted by atomic mass is 16.2. The fourth-order valence-electron chi connectivity index (χ4n) is 1.67. The van der Waals surface area contributed by atoms with Gasteiger partial charge < -0.3 is 21.7 Å². The van der Waals surface area contributed by atoms with Crippen LogP contribution in [0.1, 0.15) is 6.42 Å². The van der Waals surface area contributed by atoms with Gasteiger partial charge in [-0.3, -0.25) is 4.79 Å². The highest BCUT2D eigenvalue weighted by Crippen LogP contribution is 2.15. The average Bonchev–Trinajstić information content (AvgIpc) is 2.54. The van der Waals surface area contributed by atoms with Crippen LogP contribution in [-0.2, 0) is 4.79 Å². The Hall–Kier alpha value is -0.650. The van der Waals surface area contributed by atoms with Gasteiger partial charge in [0.25, 0.3) is 0 Å². The normalized spacial score (nSPS) is 22.0. The quantitative estimate of drug-likeness (QED) is 0.448. The molecule has 5 N–H and O–H groups in total. The lowest BCUT2D eigenvalue weighted by atomic mass is 10.1. The van der Waals surface area contributed by atoms with E-state index in [1.807, 2.05) is 4.90 Å². The van der Waals surface area contributed by atoms with Gasteiger partial charge in [-0.2, -0.15) is 0 Å². The van der Waals surface area contributed by atoms with Gasteiger partial charge in [-0.15, -0.1) is 0 Å². The van der Waals surface area contributed by atoms with Crippen LogP contribution < -0.4 is 16.8 Å². The van der Waals surface area contributed by atoms with E-state index in [1.54, 1.807) is 0 Å². The average molecular weight is 200 g/mol. The second-order valence-corrected chi connectivity index (χ2v) is 3.68. The Balaban J connectivity index is 2.15. The van der Waals surface area contributed by atoms with Gasteiger partial charge in [-0.25, -0.2) is 0 Å². The summed E-state index contributed by atoms with van der Waals surface area (Å²) in [6.07, 6.45) is 0.618. The highest BCUT2D eigenvalue weighted by molar-refractivity contribution is 5.78. The fraction of sp³-hybridized carbons (Fsp3) is 0.889. The second-order valence-electron chi connectivity index (χ2n) is 3.68. The van der Waals surface area contributed by atoms with Crippen LogP contribution in [-0.4, -0.2) is 50.1 Å². The van der Waals surface area contributed by atoms with Crippen LogP contribution in [0.2, 0.25) is 0 Å². The molecule has 1 amide bonds. The number of nitrogens with one attached hydrogen (secondary N) is 1. The molecule has 0 aliphatic carbocycles. The summed E-state index contributed by atoms with van der Waals surface area (Å²) in [5.74, 6) is 0.590. The molecule has 82 valence electrons. The van der Waals surface area contributed by atoms with Crippen molar-refractivity contribution in [2.45, 2.75) is 6.42 Å². The molecule has 1 heterocycles.